The van der Waals surface area contributed by atoms with Gasteiger partial charge in [0.05, 0.1) is 13.7 Å². The van der Waals surface area contributed by atoms with Gasteiger partial charge in [0.1, 0.15) is 5.75 Å². The molecule has 1 aromatic heterocycles. The molecule has 0 atom stereocenters. The predicted molar refractivity (Wildman–Crippen MR) is 86.7 cm³/mol. The highest BCUT2D eigenvalue weighted by molar-refractivity contribution is 5.81. The fraction of sp³-hybridized carbons (Fsp3) is 0.222. The summed E-state index contributed by atoms with van der Waals surface area (Å²) in [5.74, 6) is 0.928. The Hall–Kier alpha value is -2.26. The van der Waals surface area contributed by atoms with Gasteiger partial charge in [0.15, 0.2) is 0 Å². The first-order chi connectivity index (χ1) is 10.2. The molecule has 0 amide bonds. The summed E-state index contributed by atoms with van der Waals surface area (Å²) in [6.45, 7) is 3.46. The van der Waals surface area contributed by atoms with E-state index in [-0.39, 0.29) is 0 Å². The highest BCUT2D eigenvalue weighted by Gasteiger charge is 2.07. The summed E-state index contributed by atoms with van der Waals surface area (Å²) in [5.41, 5.74) is 10.5. The molecule has 3 heteroatoms. The maximum atomic E-state index is 5.75. The maximum Gasteiger partial charge on any atom is 0.123 e. The minimum absolute atomic E-state index is 0.564. The van der Waals surface area contributed by atoms with Crippen molar-refractivity contribution in [3.05, 3.63) is 65.4 Å². The third-order valence-corrected chi connectivity index (χ3v) is 3.85. The average Bonchev–Trinajstić information content (AvgIpc) is 2.90. The van der Waals surface area contributed by atoms with Gasteiger partial charge in [0.2, 0.25) is 0 Å². The molecule has 2 N–H and O–H groups in total. The number of aromatic nitrogens is 1. The number of hydrogen-bond donors (Lipinski definition) is 1. The Morgan fingerprint density at radius 2 is 1.95 bits per heavy atom. The van der Waals surface area contributed by atoms with Gasteiger partial charge in [-0.2, -0.15) is 0 Å². The molecule has 0 bridgehead atoms. The first kappa shape index (κ1) is 13.7. The maximum absolute atomic E-state index is 5.75. The standard InChI is InChI=1S/C18H20N2O/c1-13-3-6-18(21-2)16(9-13)12-20-8-7-15-5-4-14(11-19)10-17(15)20/h3-10H,11-12,19H2,1-2H3. The zero-order chi connectivity index (χ0) is 14.8. The molecule has 0 aliphatic rings. The summed E-state index contributed by atoms with van der Waals surface area (Å²) in [6, 6.07) is 14.8. The van der Waals surface area contributed by atoms with Crippen LogP contribution in [0.4, 0.5) is 0 Å². The Balaban J connectivity index is 2.03. The van der Waals surface area contributed by atoms with Gasteiger partial charge in [0.25, 0.3) is 0 Å². The number of benzene rings is 2. The lowest BCUT2D eigenvalue weighted by Gasteiger charge is -2.12. The first-order valence-electron chi connectivity index (χ1n) is 7.12. The van der Waals surface area contributed by atoms with Gasteiger partial charge in [-0.25, -0.2) is 0 Å². The molecule has 0 fully saturated rings. The van der Waals surface area contributed by atoms with Crippen molar-refractivity contribution in [3.8, 4) is 5.75 Å². The van der Waals surface area contributed by atoms with Crippen LogP contribution in [0.3, 0.4) is 0 Å². The Morgan fingerprint density at radius 3 is 2.71 bits per heavy atom. The van der Waals surface area contributed by atoms with Crippen molar-refractivity contribution in [2.24, 2.45) is 5.73 Å². The lowest BCUT2D eigenvalue weighted by molar-refractivity contribution is 0.408. The zero-order valence-corrected chi connectivity index (χ0v) is 12.5. The van der Waals surface area contributed by atoms with Crippen LogP contribution in [0.15, 0.2) is 48.7 Å². The molecule has 0 saturated heterocycles. The second-order valence-corrected chi connectivity index (χ2v) is 5.36. The van der Waals surface area contributed by atoms with Crippen LogP contribution in [0.5, 0.6) is 5.75 Å². The average molecular weight is 280 g/mol. The van der Waals surface area contributed by atoms with E-state index in [4.69, 9.17) is 10.5 Å². The van der Waals surface area contributed by atoms with E-state index in [2.05, 4.69) is 54.1 Å². The SMILES string of the molecule is COc1ccc(C)cc1Cn1ccc2ccc(CN)cc21. The number of nitrogens with zero attached hydrogens (tertiary/aromatic N) is 1. The van der Waals surface area contributed by atoms with Gasteiger partial charge in [-0.3, -0.25) is 0 Å². The van der Waals surface area contributed by atoms with Crippen LogP contribution in [0.1, 0.15) is 16.7 Å². The molecule has 0 aliphatic heterocycles. The summed E-state index contributed by atoms with van der Waals surface area (Å²) in [5, 5.41) is 1.24. The first-order valence-corrected chi connectivity index (χ1v) is 7.12. The highest BCUT2D eigenvalue weighted by Crippen LogP contribution is 2.24. The molecule has 0 spiro atoms. The second kappa shape index (κ2) is 5.62. The molecule has 0 aliphatic carbocycles. The molecule has 1 heterocycles. The van der Waals surface area contributed by atoms with Crippen molar-refractivity contribution < 1.29 is 4.74 Å². The van der Waals surface area contributed by atoms with E-state index in [9.17, 15) is 0 Å². The van der Waals surface area contributed by atoms with Crippen LogP contribution in [0.25, 0.3) is 10.9 Å². The normalized spacial score (nSPS) is 11.0. The van der Waals surface area contributed by atoms with Crippen LogP contribution >= 0.6 is 0 Å². The largest absolute Gasteiger partial charge is 0.496 e. The summed E-state index contributed by atoms with van der Waals surface area (Å²) < 4.78 is 7.71. The third kappa shape index (κ3) is 2.65. The van der Waals surface area contributed by atoms with Gasteiger partial charge in [-0.1, -0.05) is 29.8 Å². The van der Waals surface area contributed by atoms with Gasteiger partial charge >= 0.3 is 0 Å². The van der Waals surface area contributed by atoms with Crippen molar-refractivity contribution in [2.75, 3.05) is 7.11 Å². The molecule has 3 rings (SSSR count). The highest BCUT2D eigenvalue weighted by atomic mass is 16.5. The van der Waals surface area contributed by atoms with Crippen LogP contribution < -0.4 is 10.5 Å². The number of aryl methyl sites for hydroxylation is 1. The van der Waals surface area contributed by atoms with Crippen molar-refractivity contribution in [3.63, 3.8) is 0 Å². The van der Waals surface area contributed by atoms with Crippen LogP contribution in [-0.4, -0.2) is 11.7 Å². The molecular weight excluding hydrogens is 260 g/mol. The van der Waals surface area contributed by atoms with E-state index >= 15 is 0 Å². The lowest BCUT2D eigenvalue weighted by Crippen LogP contribution is -2.02. The van der Waals surface area contributed by atoms with Crippen molar-refractivity contribution in [1.29, 1.82) is 0 Å². The van der Waals surface area contributed by atoms with E-state index in [1.54, 1.807) is 7.11 Å². The summed E-state index contributed by atoms with van der Waals surface area (Å²) in [4.78, 5) is 0. The van der Waals surface area contributed by atoms with E-state index in [0.717, 1.165) is 17.9 Å². The molecule has 0 radical (unpaired) electrons. The van der Waals surface area contributed by atoms with E-state index in [0.29, 0.717) is 6.54 Å². The molecular formula is C18H20N2O. The molecule has 3 aromatic rings. The molecule has 0 unspecified atom stereocenters. The fourth-order valence-electron chi connectivity index (χ4n) is 2.71. The predicted octanol–water partition coefficient (Wildman–Crippen LogP) is 3.47. The smallest absolute Gasteiger partial charge is 0.123 e. The quantitative estimate of drug-likeness (QED) is 0.795. The molecule has 2 aromatic carbocycles. The van der Waals surface area contributed by atoms with Crippen LogP contribution in [0, 0.1) is 6.92 Å². The topological polar surface area (TPSA) is 40.2 Å². The number of nitrogens with two attached hydrogens (primary N) is 1. The fourth-order valence-corrected chi connectivity index (χ4v) is 2.71. The van der Waals surface area contributed by atoms with Gasteiger partial charge in [-0.05, 0) is 36.1 Å². The minimum atomic E-state index is 0.564. The van der Waals surface area contributed by atoms with Gasteiger partial charge in [0, 0.05) is 23.8 Å². The van der Waals surface area contributed by atoms with Crippen molar-refractivity contribution in [1.82, 2.24) is 4.57 Å². The Kier molecular flexibility index (Phi) is 3.67. The molecule has 3 nitrogen and oxygen atoms in total. The molecule has 108 valence electrons. The number of methoxy groups -OCH3 is 1. The number of hydrogen-bond acceptors (Lipinski definition) is 2. The third-order valence-electron chi connectivity index (χ3n) is 3.85. The molecule has 0 saturated carbocycles. The number of ether oxygens (including phenoxy) is 1. The summed E-state index contributed by atoms with van der Waals surface area (Å²) >= 11 is 0. The summed E-state index contributed by atoms with van der Waals surface area (Å²) in [7, 11) is 1.72. The van der Waals surface area contributed by atoms with Crippen LogP contribution in [0.2, 0.25) is 0 Å². The van der Waals surface area contributed by atoms with Crippen LogP contribution in [-0.2, 0) is 13.1 Å². The Morgan fingerprint density at radius 1 is 1.10 bits per heavy atom. The second-order valence-electron chi connectivity index (χ2n) is 5.36. The van der Waals surface area contributed by atoms with Gasteiger partial charge in [-0.15, -0.1) is 0 Å². The summed E-state index contributed by atoms with van der Waals surface area (Å²) in [6.07, 6.45) is 2.12. The number of fused-ring (bicyclic) bond motifs is 1. The van der Waals surface area contributed by atoms with Gasteiger partial charge < -0.3 is 15.0 Å². The molecule has 21 heavy (non-hydrogen) atoms. The monoisotopic (exact) mass is 280 g/mol. The van der Waals surface area contributed by atoms with E-state index in [1.807, 2.05) is 6.07 Å². The lowest BCUT2D eigenvalue weighted by atomic mass is 10.1. The van der Waals surface area contributed by atoms with Crippen molar-refractivity contribution in [2.45, 2.75) is 20.0 Å². The number of rotatable bonds is 4. The van der Waals surface area contributed by atoms with Crippen molar-refractivity contribution >= 4 is 10.9 Å². The minimum Gasteiger partial charge on any atom is -0.496 e. The Bertz CT molecular complexity index is 774. The van der Waals surface area contributed by atoms with E-state index in [1.165, 1.54) is 22.0 Å². The van der Waals surface area contributed by atoms with E-state index < -0.39 is 0 Å². The Labute approximate surface area is 125 Å². The zero-order valence-electron chi connectivity index (χ0n) is 12.5.